The Morgan fingerprint density at radius 1 is 1.00 bits per heavy atom. The van der Waals surface area contributed by atoms with Gasteiger partial charge in [-0.25, -0.2) is 8.42 Å². The van der Waals surface area contributed by atoms with Crippen molar-refractivity contribution >= 4 is 62.3 Å². The molecule has 0 aliphatic carbocycles. The maximum absolute atomic E-state index is 12.7. The molecule has 1 aliphatic rings. The summed E-state index contributed by atoms with van der Waals surface area (Å²) in [6, 6.07) is 9.47. The van der Waals surface area contributed by atoms with Crippen molar-refractivity contribution in [1.29, 1.82) is 0 Å². The Labute approximate surface area is 172 Å². The van der Waals surface area contributed by atoms with Crippen LogP contribution in [0.4, 0.5) is 5.69 Å². The lowest BCUT2D eigenvalue weighted by Crippen LogP contribution is -2.32. The Hall–Kier alpha value is -0.630. The largest absolute Gasteiger partial charge is 0.297 e. The summed E-state index contributed by atoms with van der Waals surface area (Å²) >= 11 is 19.8. The molecular weight excluding hydrogens is 435 g/mol. The van der Waals surface area contributed by atoms with Crippen molar-refractivity contribution in [2.24, 2.45) is 0 Å². The number of nitrogens with one attached hydrogen (secondary N) is 1. The van der Waals surface area contributed by atoms with Crippen LogP contribution in [0, 0.1) is 0 Å². The van der Waals surface area contributed by atoms with Crippen LogP contribution < -0.4 is 4.72 Å². The summed E-state index contributed by atoms with van der Waals surface area (Å²) < 4.78 is 28.1. The van der Waals surface area contributed by atoms with Gasteiger partial charge in [0.05, 0.1) is 20.6 Å². The summed E-state index contributed by atoms with van der Waals surface area (Å²) in [5.74, 6) is 2.16. The number of anilines is 1. The third-order valence-electron chi connectivity index (χ3n) is 4.02. The molecule has 1 heterocycles. The minimum atomic E-state index is -3.81. The second kappa shape index (κ2) is 8.59. The van der Waals surface area contributed by atoms with E-state index in [1.165, 1.54) is 18.2 Å². The molecule has 140 valence electrons. The van der Waals surface area contributed by atoms with Gasteiger partial charge < -0.3 is 0 Å². The van der Waals surface area contributed by atoms with Crippen LogP contribution in [0.15, 0.2) is 41.3 Å². The highest BCUT2D eigenvalue weighted by molar-refractivity contribution is 7.99. The Morgan fingerprint density at radius 3 is 2.42 bits per heavy atom. The molecule has 9 heteroatoms. The van der Waals surface area contributed by atoms with E-state index in [2.05, 4.69) is 9.62 Å². The summed E-state index contributed by atoms with van der Waals surface area (Å²) in [6.45, 7) is 2.62. The topological polar surface area (TPSA) is 49.4 Å². The van der Waals surface area contributed by atoms with E-state index in [-0.39, 0.29) is 9.92 Å². The average Bonchev–Trinajstić information content (AvgIpc) is 2.60. The molecular formula is C17H17Cl3N2O2S2. The fraction of sp³-hybridized carbons (Fsp3) is 0.294. The van der Waals surface area contributed by atoms with Crippen molar-refractivity contribution in [1.82, 2.24) is 4.90 Å². The monoisotopic (exact) mass is 450 g/mol. The van der Waals surface area contributed by atoms with Crippen LogP contribution >= 0.6 is 46.6 Å². The predicted molar refractivity (Wildman–Crippen MR) is 111 cm³/mol. The van der Waals surface area contributed by atoms with Gasteiger partial charge in [0.1, 0.15) is 0 Å². The van der Waals surface area contributed by atoms with Gasteiger partial charge >= 0.3 is 0 Å². The van der Waals surface area contributed by atoms with E-state index < -0.39 is 10.0 Å². The first-order chi connectivity index (χ1) is 12.3. The summed E-state index contributed by atoms with van der Waals surface area (Å²) in [5, 5.41) is 0.957. The van der Waals surface area contributed by atoms with Gasteiger partial charge in [-0.3, -0.25) is 9.62 Å². The molecule has 0 aromatic heterocycles. The van der Waals surface area contributed by atoms with Crippen molar-refractivity contribution in [2.75, 3.05) is 29.3 Å². The van der Waals surface area contributed by atoms with Gasteiger partial charge in [-0.05, 0) is 35.9 Å². The second-order valence-electron chi connectivity index (χ2n) is 5.87. The Morgan fingerprint density at radius 2 is 1.73 bits per heavy atom. The first-order valence-electron chi connectivity index (χ1n) is 7.91. The second-order valence-corrected chi connectivity index (χ2v) is 10.0. The molecule has 1 N–H and O–H groups in total. The third-order valence-corrected chi connectivity index (χ3v) is 7.30. The summed E-state index contributed by atoms with van der Waals surface area (Å²) in [7, 11) is -3.81. The third kappa shape index (κ3) is 5.00. The van der Waals surface area contributed by atoms with Gasteiger partial charge in [-0.2, -0.15) is 11.8 Å². The average molecular weight is 452 g/mol. The zero-order chi connectivity index (χ0) is 18.7. The molecule has 0 radical (unpaired) electrons. The van der Waals surface area contributed by atoms with Gasteiger partial charge in [0.15, 0.2) is 0 Å². The highest BCUT2D eigenvalue weighted by Crippen LogP contribution is 2.29. The highest BCUT2D eigenvalue weighted by Gasteiger charge is 2.19. The highest BCUT2D eigenvalue weighted by atomic mass is 35.5. The molecule has 0 atom stereocenters. The first-order valence-corrected chi connectivity index (χ1v) is 11.7. The van der Waals surface area contributed by atoms with Crippen LogP contribution in [0.1, 0.15) is 5.56 Å². The molecule has 1 aliphatic heterocycles. The molecule has 3 rings (SSSR count). The maximum Gasteiger partial charge on any atom is 0.261 e. The van der Waals surface area contributed by atoms with Crippen molar-refractivity contribution in [3.63, 3.8) is 0 Å². The van der Waals surface area contributed by atoms with E-state index in [1.807, 2.05) is 17.8 Å². The van der Waals surface area contributed by atoms with E-state index >= 15 is 0 Å². The lowest BCUT2D eigenvalue weighted by atomic mass is 10.1. The smallest absolute Gasteiger partial charge is 0.261 e. The van der Waals surface area contributed by atoms with E-state index in [4.69, 9.17) is 34.8 Å². The van der Waals surface area contributed by atoms with Crippen molar-refractivity contribution in [3.8, 4) is 0 Å². The molecule has 1 saturated heterocycles. The molecule has 0 bridgehead atoms. The van der Waals surface area contributed by atoms with Crippen molar-refractivity contribution in [2.45, 2.75) is 11.4 Å². The summed E-state index contributed by atoms with van der Waals surface area (Å²) in [6.07, 6.45) is 0. The zero-order valence-electron chi connectivity index (χ0n) is 13.7. The molecule has 0 spiro atoms. The molecule has 26 heavy (non-hydrogen) atoms. The van der Waals surface area contributed by atoms with E-state index in [0.29, 0.717) is 22.3 Å². The Kier molecular flexibility index (Phi) is 6.64. The molecule has 2 aromatic carbocycles. The lowest BCUT2D eigenvalue weighted by molar-refractivity contribution is 0.295. The number of hydrogen-bond acceptors (Lipinski definition) is 4. The lowest BCUT2D eigenvalue weighted by Gasteiger charge is -2.27. The van der Waals surface area contributed by atoms with Gasteiger partial charge in [0, 0.05) is 36.2 Å². The predicted octanol–water partition coefficient (Wildman–Crippen LogP) is 5.00. The van der Waals surface area contributed by atoms with Crippen LogP contribution in [-0.2, 0) is 16.6 Å². The van der Waals surface area contributed by atoms with Crippen LogP contribution in [0.3, 0.4) is 0 Å². The van der Waals surface area contributed by atoms with Gasteiger partial charge in [-0.1, -0.05) is 40.9 Å². The fourth-order valence-electron chi connectivity index (χ4n) is 2.63. The first kappa shape index (κ1) is 20.1. The molecule has 1 fully saturated rings. The van der Waals surface area contributed by atoms with Gasteiger partial charge in [-0.15, -0.1) is 0 Å². The molecule has 4 nitrogen and oxygen atoms in total. The number of nitrogens with zero attached hydrogens (tertiary/aromatic N) is 1. The van der Waals surface area contributed by atoms with E-state index in [9.17, 15) is 8.42 Å². The van der Waals surface area contributed by atoms with Crippen LogP contribution in [0.2, 0.25) is 15.1 Å². The number of halogens is 3. The zero-order valence-corrected chi connectivity index (χ0v) is 17.6. The molecule has 0 amide bonds. The van der Waals surface area contributed by atoms with Gasteiger partial charge in [0.25, 0.3) is 10.0 Å². The molecule has 0 saturated carbocycles. The minimum absolute atomic E-state index is 0.0483. The SMILES string of the molecule is O=S(=O)(Nc1cc(Cl)ccc1CN1CCSCC1)c1ccc(Cl)c(Cl)c1. The standard InChI is InChI=1S/C17H17Cl3N2O2S2/c18-13-2-1-12(11-22-5-7-25-8-6-22)17(9-13)21-26(23,24)14-3-4-15(19)16(20)10-14/h1-4,9-10,21H,5-8,11H2. The van der Waals surface area contributed by atoms with Crippen molar-refractivity contribution < 1.29 is 8.42 Å². The number of thioether (sulfide) groups is 1. The van der Waals surface area contributed by atoms with E-state index in [1.54, 1.807) is 12.1 Å². The Balaban J connectivity index is 1.87. The quantitative estimate of drug-likeness (QED) is 0.695. The number of benzene rings is 2. The minimum Gasteiger partial charge on any atom is -0.297 e. The van der Waals surface area contributed by atoms with Crippen molar-refractivity contribution in [3.05, 3.63) is 57.0 Å². The number of rotatable bonds is 5. The van der Waals surface area contributed by atoms with Crippen LogP contribution in [0.25, 0.3) is 0 Å². The normalized spacial score (nSPS) is 15.8. The number of sulfonamides is 1. The van der Waals surface area contributed by atoms with Gasteiger partial charge in [0.2, 0.25) is 0 Å². The summed E-state index contributed by atoms with van der Waals surface area (Å²) in [4.78, 5) is 2.35. The van der Waals surface area contributed by atoms with Crippen LogP contribution in [-0.4, -0.2) is 37.9 Å². The molecule has 0 unspecified atom stereocenters. The maximum atomic E-state index is 12.7. The number of hydrogen-bond donors (Lipinski definition) is 1. The fourth-order valence-corrected chi connectivity index (χ4v) is 5.26. The van der Waals surface area contributed by atoms with E-state index in [0.717, 1.165) is 30.2 Å². The van der Waals surface area contributed by atoms with Crippen LogP contribution in [0.5, 0.6) is 0 Å². The summed E-state index contributed by atoms with van der Waals surface area (Å²) in [5.41, 5.74) is 1.35. The Bertz CT molecular complexity index is 901. The molecule has 2 aromatic rings.